The van der Waals surface area contributed by atoms with Crippen molar-refractivity contribution in [3.05, 3.63) is 0 Å². The molecule has 0 aliphatic carbocycles. The molecule has 0 aliphatic heterocycles. The summed E-state index contributed by atoms with van der Waals surface area (Å²) in [5.74, 6) is 0. The molecule has 78 valence electrons. The van der Waals surface area contributed by atoms with E-state index >= 15 is 0 Å². The number of methoxy groups -OCH3 is 1. The van der Waals surface area contributed by atoms with Crippen molar-refractivity contribution in [2.75, 3.05) is 13.7 Å². The van der Waals surface area contributed by atoms with E-state index in [1.54, 1.807) is 0 Å². The van der Waals surface area contributed by atoms with Gasteiger partial charge in [0, 0.05) is 0 Å². The second kappa shape index (κ2) is 10.5. The fraction of sp³-hybridized carbons (Fsp3) is 0.714. The predicted octanol–water partition coefficient (Wildman–Crippen LogP) is 1.79. The molecule has 0 saturated carbocycles. The van der Waals surface area contributed by atoms with Crippen molar-refractivity contribution >= 4 is 12.3 Å². The average Bonchev–Trinajstić information content (AvgIpc) is 2.03. The van der Waals surface area contributed by atoms with Crippen molar-refractivity contribution in [2.24, 2.45) is 0 Å². The van der Waals surface area contributed by atoms with Crippen molar-refractivity contribution in [3.8, 4) is 0 Å². The largest absolute Gasteiger partial charge is 0.507 e. The average molecular weight is 194 g/mol. The molecule has 0 radical (unpaired) electrons. The van der Waals surface area contributed by atoms with Crippen LogP contribution in [0.4, 0.5) is 9.59 Å². The molecule has 0 heterocycles. The second-order valence-electron chi connectivity index (χ2n) is 1.94. The van der Waals surface area contributed by atoms with Crippen LogP contribution in [0, 0.1) is 0 Å². The van der Waals surface area contributed by atoms with E-state index in [1.807, 2.05) is 6.92 Å². The van der Waals surface area contributed by atoms with Gasteiger partial charge in [-0.05, 0) is 6.42 Å². The molecule has 13 heavy (non-hydrogen) atoms. The van der Waals surface area contributed by atoms with Gasteiger partial charge in [0.1, 0.15) is 0 Å². The Morgan fingerprint density at radius 2 is 1.77 bits per heavy atom. The highest BCUT2D eigenvalue weighted by atomic mass is 16.7. The van der Waals surface area contributed by atoms with E-state index in [4.69, 9.17) is 15.0 Å². The molecule has 0 fully saturated rings. The molecule has 0 aliphatic rings. The number of carbonyl (C=O) groups is 2. The van der Waals surface area contributed by atoms with Gasteiger partial charge < -0.3 is 19.7 Å². The van der Waals surface area contributed by atoms with E-state index in [9.17, 15) is 4.79 Å². The summed E-state index contributed by atoms with van der Waals surface area (Å²) in [6.45, 7) is 2.49. The van der Waals surface area contributed by atoms with Crippen LogP contribution in [0.5, 0.6) is 0 Å². The van der Waals surface area contributed by atoms with Crippen LogP contribution in [0.15, 0.2) is 0 Å². The lowest BCUT2D eigenvalue weighted by Crippen LogP contribution is -2.04. The molecule has 0 spiro atoms. The van der Waals surface area contributed by atoms with Crippen molar-refractivity contribution in [2.45, 2.75) is 19.8 Å². The number of rotatable bonds is 3. The Balaban J connectivity index is 0. The molecule has 0 aromatic heterocycles. The van der Waals surface area contributed by atoms with E-state index in [2.05, 4.69) is 9.47 Å². The normalized spacial score (nSPS) is 7.85. The van der Waals surface area contributed by atoms with Gasteiger partial charge in [0.25, 0.3) is 0 Å². The van der Waals surface area contributed by atoms with Gasteiger partial charge in [-0.1, -0.05) is 13.3 Å². The molecule has 0 unspecified atom stereocenters. The van der Waals surface area contributed by atoms with Crippen LogP contribution in [0.2, 0.25) is 0 Å². The van der Waals surface area contributed by atoms with Gasteiger partial charge in [-0.3, -0.25) is 0 Å². The Kier molecular flexibility index (Phi) is 11.4. The second-order valence-corrected chi connectivity index (χ2v) is 1.94. The van der Waals surface area contributed by atoms with Crippen molar-refractivity contribution in [3.63, 3.8) is 0 Å². The third kappa shape index (κ3) is 25.0. The molecule has 0 amide bonds. The maximum absolute atomic E-state index is 10.2. The zero-order valence-corrected chi connectivity index (χ0v) is 7.65. The molecular formula is C7H14O6. The maximum Gasteiger partial charge on any atom is 0.507 e. The summed E-state index contributed by atoms with van der Waals surface area (Å²) in [7, 11) is 1.30. The molecule has 0 atom stereocenters. The van der Waals surface area contributed by atoms with E-state index in [0.717, 1.165) is 12.8 Å². The van der Waals surface area contributed by atoms with Gasteiger partial charge in [-0.15, -0.1) is 0 Å². The number of hydrogen-bond donors (Lipinski definition) is 2. The summed E-state index contributed by atoms with van der Waals surface area (Å²) < 4.78 is 8.81. The van der Waals surface area contributed by atoms with E-state index in [1.165, 1.54) is 7.11 Å². The molecular weight excluding hydrogens is 180 g/mol. The molecule has 0 aromatic carbocycles. The SMILES string of the molecule is CCCCOC(=O)OC.O=C(O)O. The van der Waals surface area contributed by atoms with Crippen LogP contribution in [0.3, 0.4) is 0 Å². The first kappa shape index (κ1) is 14.1. The minimum Gasteiger partial charge on any atom is -0.450 e. The van der Waals surface area contributed by atoms with Crippen LogP contribution in [-0.2, 0) is 9.47 Å². The summed E-state index contributed by atoms with van der Waals surface area (Å²) in [5, 5.41) is 13.9. The minimum absolute atomic E-state index is 0.461. The van der Waals surface area contributed by atoms with Crippen molar-refractivity contribution in [1.29, 1.82) is 0 Å². The number of hydrogen-bond acceptors (Lipinski definition) is 4. The topological polar surface area (TPSA) is 93.1 Å². The first-order valence-electron chi connectivity index (χ1n) is 3.67. The zero-order valence-electron chi connectivity index (χ0n) is 7.65. The fourth-order valence-electron chi connectivity index (χ4n) is 0.359. The molecule has 6 heteroatoms. The Morgan fingerprint density at radius 3 is 2.08 bits per heavy atom. The van der Waals surface area contributed by atoms with Gasteiger partial charge in [-0.2, -0.15) is 0 Å². The van der Waals surface area contributed by atoms with Crippen LogP contribution in [0.1, 0.15) is 19.8 Å². The first-order chi connectivity index (χ1) is 6.04. The molecule has 0 aromatic rings. The summed E-state index contributed by atoms with van der Waals surface area (Å²) in [5.41, 5.74) is 0. The smallest absolute Gasteiger partial charge is 0.450 e. The maximum atomic E-state index is 10.2. The number of carboxylic acid groups (broad SMARTS) is 2. The fourth-order valence-corrected chi connectivity index (χ4v) is 0.359. The highest BCUT2D eigenvalue weighted by Crippen LogP contribution is 1.89. The van der Waals surface area contributed by atoms with E-state index < -0.39 is 12.3 Å². The highest BCUT2D eigenvalue weighted by Gasteiger charge is 1.96. The molecule has 0 saturated heterocycles. The molecule has 0 rings (SSSR count). The van der Waals surface area contributed by atoms with Crippen molar-refractivity contribution in [1.82, 2.24) is 0 Å². The van der Waals surface area contributed by atoms with Gasteiger partial charge in [-0.25, -0.2) is 9.59 Å². The predicted molar refractivity (Wildman–Crippen MR) is 43.9 cm³/mol. The number of ether oxygens (including phenoxy) is 2. The Hall–Kier alpha value is -1.46. The Labute approximate surface area is 76.1 Å². The summed E-state index contributed by atoms with van der Waals surface area (Å²) in [6.07, 6.45) is -0.505. The third-order valence-corrected chi connectivity index (χ3v) is 0.884. The third-order valence-electron chi connectivity index (χ3n) is 0.884. The molecule has 2 N–H and O–H groups in total. The first-order valence-corrected chi connectivity index (χ1v) is 3.67. The minimum atomic E-state index is -1.83. The summed E-state index contributed by atoms with van der Waals surface area (Å²) >= 11 is 0. The number of carbonyl (C=O) groups excluding carboxylic acids is 1. The summed E-state index contributed by atoms with van der Waals surface area (Å²) in [6, 6.07) is 0. The van der Waals surface area contributed by atoms with Crippen LogP contribution >= 0.6 is 0 Å². The Bertz CT molecular complexity index is 140. The monoisotopic (exact) mass is 194 g/mol. The standard InChI is InChI=1S/C6H12O3.CH2O3/c1-3-4-5-9-6(7)8-2;2-1(3)4/h3-5H2,1-2H3;(H2,2,3,4). The van der Waals surface area contributed by atoms with Crippen LogP contribution in [0.25, 0.3) is 0 Å². The van der Waals surface area contributed by atoms with Crippen LogP contribution < -0.4 is 0 Å². The molecule has 0 bridgehead atoms. The van der Waals surface area contributed by atoms with Gasteiger partial charge >= 0.3 is 12.3 Å². The van der Waals surface area contributed by atoms with E-state index in [0.29, 0.717) is 6.61 Å². The highest BCUT2D eigenvalue weighted by molar-refractivity contribution is 5.59. The van der Waals surface area contributed by atoms with Crippen molar-refractivity contribution < 1.29 is 29.3 Å². The van der Waals surface area contributed by atoms with Gasteiger partial charge in [0.05, 0.1) is 13.7 Å². The zero-order chi connectivity index (χ0) is 10.7. The lowest BCUT2D eigenvalue weighted by atomic mass is 10.4. The van der Waals surface area contributed by atoms with Gasteiger partial charge in [0.2, 0.25) is 0 Å². The van der Waals surface area contributed by atoms with Gasteiger partial charge in [0.15, 0.2) is 0 Å². The van der Waals surface area contributed by atoms with E-state index in [-0.39, 0.29) is 0 Å². The lowest BCUT2D eigenvalue weighted by molar-refractivity contribution is 0.0717. The lowest BCUT2D eigenvalue weighted by Gasteiger charge is -1.99. The quantitative estimate of drug-likeness (QED) is 0.525. The Morgan fingerprint density at radius 1 is 1.31 bits per heavy atom. The number of unbranched alkanes of at least 4 members (excludes halogenated alkanes) is 1. The molecule has 6 nitrogen and oxygen atoms in total. The van der Waals surface area contributed by atoms with Crippen LogP contribution in [-0.4, -0.2) is 36.2 Å². The summed E-state index contributed by atoms with van der Waals surface area (Å²) in [4.78, 5) is 18.8.